The van der Waals surface area contributed by atoms with E-state index in [0.717, 1.165) is 27.3 Å². The average Bonchev–Trinajstić information content (AvgIpc) is 3.47. The molecule has 29 heavy (non-hydrogen) atoms. The van der Waals surface area contributed by atoms with E-state index in [0.29, 0.717) is 17.1 Å². The van der Waals surface area contributed by atoms with Crippen molar-refractivity contribution in [2.75, 3.05) is 0 Å². The Bertz CT molecular complexity index is 1300. The first-order valence-corrected chi connectivity index (χ1v) is 9.44. The molecule has 0 saturated heterocycles. The van der Waals surface area contributed by atoms with Crippen LogP contribution in [0.25, 0.3) is 33.2 Å². The number of aromatic nitrogens is 7. The van der Waals surface area contributed by atoms with Gasteiger partial charge in [-0.05, 0) is 37.3 Å². The van der Waals surface area contributed by atoms with Crippen LogP contribution in [0.15, 0.2) is 40.9 Å². The van der Waals surface area contributed by atoms with Crippen molar-refractivity contribution >= 4 is 22.4 Å². The van der Waals surface area contributed by atoms with Gasteiger partial charge in [-0.3, -0.25) is 0 Å². The van der Waals surface area contributed by atoms with E-state index >= 15 is 0 Å². The minimum atomic E-state index is -2.79. The second-order valence-corrected chi connectivity index (χ2v) is 7.57. The van der Waals surface area contributed by atoms with Crippen LogP contribution in [0.4, 0.5) is 8.78 Å². The number of nitrogens with zero attached hydrogens (tertiary/aromatic N) is 6. The van der Waals surface area contributed by atoms with E-state index < -0.39 is 12.3 Å². The predicted molar refractivity (Wildman–Crippen MR) is 102 cm³/mol. The van der Waals surface area contributed by atoms with Gasteiger partial charge >= 0.3 is 6.43 Å². The normalized spacial score (nSPS) is 11.7. The number of pyridine rings is 1. The van der Waals surface area contributed by atoms with Gasteiger partial charge in [-0.15, -0.1) is 26.6 Å². The minimum absolute atomic E-state index is 0.0783. The number of nitrogens with one attached hydrogen (secondary N) is 1. The summed E-state index contributed by atoms with van der Waals surface area (Å²) < 4.78 is 31.9. The molecule has 0 unspecified atom stereocenters. The molecule has 11 heteroatoms. The zero-order chi connectivity index (χ0) is 20.0. The first-order chi connectivity index (χ1) is 14.0. The fraction of sp³-hybridized carbons (Fsp3) is 0.167. The molecule has 5 aromatic rings. The molecule has 0 aliphatic heterocycles. The summed E-state index contributed by atoms with van der Waals surface area (Å²) in [5.74, 6) is -0.604. The molecule has 5 aromatic heterocycles. The van der Waals surface area contributed by atoms with Crippen molar-refractivity contribution in [1.82, 2.24) is 35.2 Å². The van der Waals surface area contributed by atoms with Crippen molar-refractivity contribution in [2.24, 2.45) is 0 Å². The Morgan fingerprint density at radius 2 is 2.03 bits per heavy atom. The summed E-state index contributed by atoms with van der Waals surface area (Å²) in [5.41, 5.74) is 3.24. The standard InChI is InChI=1S/C18H13F2N7OS/c1-9-6-10-2-4-12(22-16(10)21-9)13-8-27(26-23-13)7-11-3-5-14(29-11)17-24-25-18(28-17)15(19)20/h2-6,8,15H,7H2,1H3,(H,21,22). The molecular weight excluding hydrogens is 400 g/mol. The van der Waals surface area contributed by atoms with Crippen LogP contribution >= 0.6 is 11.3 Å². The lowest BCUT2D eigenvalue weighted by atomic mass is 10.2. The lowest BCUT2D eigenvalue weighted by Gasteiger charge is -1.97. The Labute approximate surface area is 166 Å². The summed E-state index contributed by atoms with van der Waals surface area (Å²) in [6.45, 7) is 2.45. The van der Waals surface area contributed by atoms with Crippen LogP contribution in [0.3, 0.4) is 0 Å². The second-order valence-electron chi connectivity index (χ2n) is 6.40. The Balaban J connectivity index is 1.35. The van der Waals surface area contributed by atoms with E-state index in [1.54, 1.807) is 10.7 Å². The van der Waals surface area contributed by atoms with Gasteiger partial charge in [-0.1, -0.05) is 5.21 Å². The highest BCUT2D eigenvalue weighted by atomic mass is 32.1. The van der Waals surface area contributed by atoms with Gasteiger partial charge < -0.3 is 9.40 Å². The Kier molecular flexibility index (Phi) is 4.16. The molecule has 0 fully saturated rings. The van der Waals surface area contributed by atoms with E-state index in [1.807, 2.05) is 37.4 Å². The number of hydrogen-bond donors (Lipinski definition) is 1. The molecule has 0 spiro atoms. The quantitative estimate of drug-likeness (QED) is 0.463. The van der Waals surface area contributed by atoms with Crippen molar-refractivity contribution in [3.8, 4) is 22.2 Å². The molecule has 0 aliphatic rings. The lowest BCUT2D eigenvalue weighted by molar-refractivity contribution is 0.116. The van der Waals surface area contributed by atoms with E-state index in [2.05, 4.69) is 30.5 Å². The zero-order valence-electron chi connectivity index (χ0n) is 15.0. The van der Waals surface area contributed by atoms with Gasteiger partial charge in [0.25, 0.3) is 11.8 Å². The van der Waals surface area contributed by atoms with Gasteiger partial charge in [0.05, 0.1) is 23.3 Å². The summed E-state index contributed by atoms with van der Waals surface area (Å²) in [5, 5.41) is 16.4. The Hall–Kier alpha value is -3.47. The molecule has 1 N–H and O–H groups in total. The van der Waals surface area contributed by atoms with Crippen LogP contribution in [0.1, 0.15) is 22.9 Å². The highest BCUT2D eigenvalue weighted by molar-refractivity contribution is 7.15. The molecule has 146 valence electrons. The highest BCUT2D eigenvalue weighted by Gasteiger charge is 2.18. The largest absolute Gasteiger partial charge is 0.414 e. The zero-order valence-corrected chi connectivity index (χ0v) is 15.8. The first-order valence-electron chi connectivity index (χ1n) is 8.63. The van der Waals surface area contributed by atoms with E-state index in [4.69, 9.17) is 4.42 Å². The van der Waals surface area contributed by atoms with Crippen LogP contribution in [-0.2, 0) is 6.54 Å². The average molecular weight is 413 g/mol. The number of alkyl halides is 2. The van der Waals surface area contributed by atoms with E-state index in [-0.39, 0.29) is 5.89 Å². The summed E-state index contributed by atoms with van der Waals surface area (Å²) in [6.07, 6.45) is -0.975. The maximum Gasteiger partial charge on any atom is 0.314 e. The fourth-order valence-electron chi connectivity index (χ4n) is 2.94. The van der Waals surface area contributed by atoms with Crippen LogP contribution in [0.2, 0.25) is 0 Å². The molecule has 0 aliphatic carbocycles. The van der Waals surface area contributed by atoms with Crippen molar-refractivity contribution in [1.29, 1.82) is 0 Å². The molecule has 5 rings (SSSR count). The van der Waals surface area contributed by atoms with E-state index in [1.165, 1.54) is 11.3 Å². The van der Waals surface area contributed by atoms with Gasteiger partial charge in [0.1, 0.15) is 11.3 Å². The summed E-state index contributed by atoms with van der Waals surface area (Å²) in [4.78, 5) is 9.36. The number of fused-ring (bicyclic) bond motifs is 1. The predicted octanol–water partition coefficient (Wildman–Crippen LogP) is 4.23. The third-order valence-electron chi connectivity index (χ3n) is 4.23. The number of rotatable bonds is 5. The molecule has 5 heterocycles. The molecule has 8 nitrogen and oxygen atoms in total. The molecule has 0 amide bonds. The molecule has 0 aromatic carbocycles. The number of halogens is 2. The minimum Gasteiger partial charge on any atom is -0.414 e. The monoisotopic (exact) mass is 413 g/mol. The summed E-state index contributed by atoms with van der Waals surface area (Å²) in [6, 6.07) is 9.54. The third-order valence-corrected chi connectivity index (χ3v) is 5.29. The van der Waals surface area contributed by atoms with Gasteiger partial charge in [0.2, 0.25) is 0 Å². The SMILES string of the molecule is Cc1cc2ccc(-c3cn(Cc4ccc(-c5nnc(C(F)F)o5)s4)nn3)nc2[nH]1. The first kappa shape index (κ1) is 17.6. The molecule has 0 atom stereocenters. The maximum absolute atomic E-state index is 12.6. The van der Waals surface area contributed by atoms with Crippen LogP contribution in [-0.4, -0.2) is 35.2 Å². The topological polar surface area (TPSA) is 98.3 Å². The number of thiophene rings is 1. The summed E-state index contributed by atoms with van der Waals surface area (Å²) >= 11 is 1.37. The van der Waals surface area contributed by atoms with Gasteiger partial charge in [0, 0.05) is 16.0 Å². The van der Waals surface area contributed by atoms with Crippen LogP contribution in [0.5, 0.6) is 0 Å². The smallest absolute Gasteiger partial charge is 0.314 e. The molecule has 0 bridgehead atoms. The molecule has 0 saturated carbocycles. The molecular formula is C18H13F2N7OS. The fourth-order valence-corrected chi connectivity index (χ4v) is 3.86. The van der Waals surface area contributed by atoms with Gasteiger partial charge in [0.15, 0.2) is 0 Å². The number of hydrogen-bond acceptors (Lipinski definition) is 7. The maximum atomic E-state index is 12.6. The van der Waals surface area contributed by atoms with Crippen molar-refractivity contribution in [3.05, 3.63) is 53.0 Å². The third kappa shape index (κ3) is 3.40. The van der Waals surface area contributed by atoms with Crippen LogP contribution < -0.4 is 0 Å². The lowest BCUT2D eigenvalue weighted by Crippen LogP contribution is -1.98. The summed E-state index contributed by atoms with van der Waals surface area (Å²) in [7, 11) is 0. The van der Waals surface area contributed by atoms with Crippen molar-refractivity contribution in [3.63, 3.8) is 0 Å². The van der Waals surface area contributed by atoms with Gasteiger partial charge in [-0.2, -0.15) is 8.78 Å². The van der Waals surface area contributed by atoms with Gasteiger partial charge in [-0.25, -0.2) is 9.67 Å². The number of aromatic amines is 1. The van der Waals surface area contributed by atoms with Crippen molar-refractivity contribution < 1.29 is 13.2 Å². The Morgan fingerprint density at radius 3 is 2.86 bits per heavy atom. The van der Waals surface area contributed by atoms with E-state index in [9.17, 15) is 8.78 Å². The number of aryl methyl sites for hydroxylation is 1. The number of H-pyrrole nitrogens is 1. The highest BCUT2D eigenvalue weighted by Crippen LogP contribution is 2.29. The molecule has 0 radical (unpaired) electrons. The Morgan fingerprint density at radius 1 is 1.14 bits per heavy atom. The second kappa shape index (κ2) is 6.85. The van der Waals surface area contributed by atoms with Crippen molar-refractivity contribution in [2.45, 2.75) is 19.9 Å². The van der Waals surface area contributed by atoms with Crippen LogP contribution in [0, 0.1) is 6.92 Å².